The zero-order valence-corrected chi connectivity index (χ0v) is 31.6. The Morgan fingerprint density at radius 1 is 0.577 bits per heavy atom. The van der Waals surface area contributed by atoms with Crippen molar-refractivity contribution in [2.75, 3.05) is 0 Å². The van der Waals surface area contributed by atoms with Crippen molar-refractivity contribution in [1.82, 2.24) is 0 Å². The van der Waals surface area contributed by atoms with Gasteiger partial charge in [0.15, 0.2) is 0 Å². The summed E-state index contributed by atoms with van der Waals surface area (Å²) >= 11 is 0. The molecule has 0 spiro atoms. The van der Waals surface area contributed by atoms with Gasteiger partial charge in [0.25, 0.3) is 0 Å². The summed E-state index contributed by atoms with van der Waals surface area (Å²) in [4.78, 5) is 35.4. The van der Waals surface area contributed by atoms with Crippen molar-refractivity contribution in [3.63, 3.8) is 0 Å². The highest BCUT2D eigenvalue weighted by molar-refractivity contribution is 5.88. The van der Waals surface area contributed by atoms with Crippen LogP contribution in [-0.4, -0.2) is 34.2 Å². The third-order valence-electron chi connectivity index (χ3n) is 11.6. The van der Waals surface area contributed by atoms with Gasteiger partial charge >= 0.3 is 17.9 Å². The van der Waals surface area contributed by atoms with Gasteiger partial charge in [0, 0.05) is 23.1 Å². The van der Waals surface area contributed by atoms with Crippen molar-refractivity contribution in [3.8, 4) is 0 Å². The Kier molecular flexibility index (Phi) is 12.4. The molecular formula is C45H58O7. The van der Waals surface area contributed by atoms with E-state index >= 15 is 0 Å². The second kappa shape index (κ2) is 16.4. The van der Waals surface area contributed by atoms with Crippen LogP contribution in [-0.2, 0) is 39.8 Å². The molecule has 6 aliphatic carbocycles. The molecule has 0 heterocycles. The first-order valence-corrected chi connectivity index (χ1v) is 19.2. The largest absolute Gasteiger partial charge is 0.456 e. The summed E-state index contributed by atoms with van der Waals surface area (Å²) in [5, 5.41) is 10.5. The number of aliphatic hydroxyl groups is 1. The number of carbonyl (C=O) groups is 3. The quantitative estimate of drug-likeness (QED) is 0.165. The molecular weight excluding hydrogens is 652 g/mol. The summed E-state index contributed by atoms with van der Waals surface area (Å²) in [5.41, 5.74) is 1.78. The van der Waals surface area contributed by atoms with Crippen LogP contribution in [0.2, 0.25) is 0 Å². The highest BCUT2D eigenvalue weighted by Gasteiger charge is 2.59. The Morgan fingerprint density at radius 3 is 1.31 bits per heavy atom. The maximum absolute atomic E-state index is 11.9. The van der Waals surface area contributed by atoms with Gasteiger partial charge in [0.2, 0.25) is 0 Å². The van der Waals surface area contributed by atoms with Gasteiger partial charge in [-0.15, -0.1) is 0 Å². The number of benzene rings is 2. The van der Waals surface area contributed by atoms with E-state index in [4.69, 9.17) is 14.2 Å². The van der Waals surface area contributed by atoms with Crippen molar-refractivity contribution in [2.24, 2.45) is 11.8 Å². The first-order chi connectivity index (χ1) is 24.7. The molecule has 2 unspecified atom stereocenters. The molecule has 6 aliphatic rings. The Bertz CT molecular complexity index is 1600. The molecule has 1 N–H and O–H groups in total. The molecule has 7 nitrogen and oxygen atoms in total. The van der Waals surface area contributed by atoms with Crippen LogP contribution in [0.4, 0.5) is 0 Å². The van der Waals surface area contributed by atoms with Crippen LogP contribution in [0.15, 0.2) is 97.1 Å². The molecule has 6 fully saturated rings. The average Bonchev–Trinajstić information content (AvgIpc) is 3.58. The van der Waals surface area contributed by atoms with Crippen LogP contribution < -0.4 is 0 Å². The monoisotopic (exact) mass is 710 g/mol. The lowest BCUT2D eigenvalue weighted by atomic mass is 9.52. The number of hydrogen-bond acceptors (Lipinski definition) is 7. The standard InChI is InChI=1S/C16H20O2.C15H18O2.C14H20O3/c1-13(2)15(17)18-16(11-7-4-8-12-16)14-9-5-3-6-10-14;1-12(2)14(16)17-15(10-6-7-11-15)13-8-4-3-5-9-13;1-9(2)12(15)17-14-6-10-3-11(7-14)5-13(16,4-10)8-14/h3,5-6,9-10H,1,4,7-8,11-12H2,2H3;3-5,8-9H,1,6-7,10-11H2,2H3;10-11,16H,1,3-8H2,2H3. The molecule has 0 radical (unpaired) electrons. The fourth-order valence-electron chi connectivity index (χ4n) is 9.52. The van der Waals surface area contributed by atoms with E-state index in [1.807, 2.05) is 48.5 Å². The van der Waals surface area contributed by atoms with Crippen LogP contribution in [0.3, 0.4) is 0 Å². The third-order valence-corrected chi connectivity index (χ3v) is 11.6. The van der Waals surface area contributed by atoms with Crippen molar-refractivity contribution >= 4 is 17.9 Å². The van der Waals surface area contributed by atoms with E-state index in [0.717, 1.165) is 88.2 Å². The predicted octanol–water partition coefficient (Wildman–Crippen LogP) is 9.73. The summed E-state index contributed by atoms with van der Waals surface area (Å²) in [5.74, 6) is 0.227. The molecule has 0 amide bonds. The molecule has 2 aromatic rings. The van der Waals surface area contributed by atoms with Gasteiger partial charge in [-0.2, -0.15) is 0 Å². The molecule has 8 rings (SSSR count). The summed E-state index contributed by atoms with van der Waals surface area (Å²) in [6.07, 6.45) is 14.8. The molecule has 0 aromatic heterocycles. The SMILES string of the molecule is C=C(C)C(=O)OC1(c2ccccc2)CCCC1.C=C(C)C(=O)OC1(c2ccccc2)CCCCC1.C=C(C)C(=O)OC12CC3CC(CC(O)(C3)C1)C2. The molecule has 6 saturated carbocycles. The Balaban J connectivity index is 0.000000151. The zero-order valence-electron chi connectivity index (χ0n) is 31.6. The zero-order chi connectivity index (χ0) is 37.6. The molecule has 2 aromatic carbocycles. The Hall–Kier alpha value is -3.97. The fraction of sp³-hybridized carbons (Fsp3) is 0.533. The summed E-state index contributed by atoms with van der Waals surface area (Å²) < 4.78 is 17.2. The average molecular weight is 711 g/mol. The smallest absolute Gasteiger partial charge is 0.333 e. The van der Waals surface area contributed by atoms with Crippen molar-refractivity contribution in [3.05, 3.63) is 108 Å². The lowest BCUT2D eigenvalue weighted by Gasteiger charge is -2.59. The van der Waals surface area contributed by atoms with Gasteiger partial charge in [0.05, 0.1) is 5.60 Å². The van der Waals surface area contributed by atoms with Crippen LogP contribution in [0.25, 0.3) is 0 Å². The van der Waals surface area contributed by atoms with E-state index < -0.39 is 22.4 Å². The minimum atomic E-state index is -0.570. The van der Waals surface area contributed by atoms with E-state index in [9.17, 15) is 19.5 Å². The lowest BCUT2D eigenvalue weighted by Crippen LogP contribution is -2.60. The number of ether oxygens (including phenoxy) is 3. The van der Waals surface area contributed by atoms with E-state index in [0.29, 0.717) is 35.0 Å². The summed E-state index contributed by atoms with van der Waals surface area (Å²) in [6.45, 7) is 16.0. The van der Waals surface area contributed by atoms with Gasteiger partial charge in [-0.25, -0.2) is 14.4 Å². The highest BCUT2D eigenvalue weighted by atomic mass is 16.6. The van der Waals surface area contributed by atoms with E-state index in [-0.39, 0.29) is 17.9 Å². The van der Waals surface area contributed by atoms with Crippen molar-refractivity contribution in [2.45, 2.75) is 139 Å². The maximum atomic E-state index is 11.9. The van der Waals surface area contributed by atoms with Crippen molar-refractivity contribution < 1.29 is 33.7 Å². The van der Waals surface area contributed by atoms with Gasteiger partial charge < -0.3 is 19.3 Å². The van der Waals surface area contributed by atoms with Gasteiger partial charge in [-0.1, -0.05) is 86.8 Å². The molecule has 2 atom stereocenters. The lowest BCUT2D eigenvalue weighted by molar-refractivity contribution is -0.217. The Labute approximate surface area is 310 Å². The molecule has 4 bridgehead atoms. The summed E-state index contributed by atoms with van der Waals surface area (Å²) in [6, 6.07) is 20.1. The number of esters is 3. The number of hydrogen-bond donors (Lipinski definition) is 1. The van der Waals surface area contributed by atoms with Crippen LogP contribution >= 0.6 is 0 Å². The van der Waals surface area contributed by atoms with Crippen LogP contribution in [0.5, 0.6) is 0 Å². The first kappa shape index (κ1) is 39.2. The second-order valence-electron chi connectivity index (χ2n) is 16.4. The van der Waals surface area contributed by atoms with E-state index in [1.165, 1.54) is 12.8 Å². The molecule has 0 aliphatic heterocycles. The van der Waals surface area contributed by atoms with Crippen LogP contribution in [0.1, 0.15) is 128 Å². The van der Waals surface area contributed by atoms with Gasteiger partial charge in [-0.05, 0) is 127 Å². The third kappa shape index (κ3) is 9.33. The molecule has 0 saturated heterocycles. The van der Waals surface area contributed by atoms with Crippen molar-refractivity contribution in [1.29, 1.82) is 0 Å². The van der Waals surface area contributed by atoms with E-state index in [2.05, 4.69) is 31.9 Å². The number of rotatable bonds is 8. The maximum Gasteiger partial charge on any atom is 0.333 e. The van der Waals surface area contributed by atoms with Gasteiger partial charge in [0.1, 0.15) is 16.8 Å². The molecule has 7 heteroatoms. The molecule has 52 heavy (non-hydrogen) atoms. The van der Waals surface area contributed by atoms with E-state index in [1.54, 1.807) is 20.8 Å². The highest BCUT2D eigenvalue weighted by Crippen LogP contribution is 2.59. The molecule has 280 valence electrons. The Morgan fingerprint density at radius 2 is 0.942 bits per heavy atom. The van der Waals surface area contributed by atoms with Crippen LogP contribution in [0, 0.1) is 11.8 Å². The minimum absolute atomic E-state index is 0.277. The predicted molar refractivity (Wildman–Crippen MR) is 203 cm³/mol. The number of carbonyl (C=O) groups excluding carboxylic acids is 3. The summed E-state index contributed by atoms with van der Waals surface area (Å²) in [7, 11) is 0. The first-order valence-electron chi connectivity index (χ1n) is 19.2. The second-order valence-corrected chi connectivity index (χ2v) is 16.4. The topological polar surface area (TPSA) is 99.1 Å². The normalized spacial score (nSPS) is 27.4. The minimum Gasteiger partial charge on any atom is -0.456 e. The van der Waals surface area contributed by atoms with Gasteiger partial charge in [-0.3, -0.25) is 0 Å². The fourth-order valence-corrected chi connectivity index (χ4v) is 9.52.